The molecule has 4 fully saturated rings. The van der Waals surface area contributed by atoms with Gasteiger partial charge in [0, 0.05) is 12.5 Å². The maximum absolute atomic E-state index is 12.8. The number of carbonyl (C=O) groups excluding carboxylic acids is 3. The molecule has 4 bridgehead atoms. The van der Waals surface area contributed by atoms with Crippen molar-refractivity contribution < 1.29 is 19.1 Å². The summed E-state index contributed by atoms with van der Waals surface area (Å²) in [5.41, 5.74) is 3.15. The van der Waals surface area contributed by atoms with Crippen LogP contribution in [0.5, 0.6) is 0 Å². The molecule has 1 heterocycles. The summed E-state index contributed by atoms with van der Waals surface area (Å²) in [6.45, 7) is -1.05. The van der Waals surface area contributed by atoms with Crippen LogP contribution in [0.15, 0.2) is 9.59 Å². The second kappa shape index (κ2) is 7.41. The van der Waals surface area contributed by atoms with Crippen molar-refractivity contribution in [2.24, 2.45) is 30.2 Å². The van der Waals surface area contributed by atoms with Crippen LogP contribution >= 0.6 is 0 Å². The molecule has 10 heteroatoms. The molecule has 10 nitrogen and oxygen atoms in total. The summed E-state index contributed by atoms with van der Waals surface area (Å²) in [5, 5.41) is 2.68. The minimum Gasteiger partial charge on any atom is -0.456 e. The highest BCUT2D eigenvalue weighted by molar-refractivity contribution is 6.01. The van der Waals surface area contributed by atoms with Crippen molar-refractivity contribution in [2.75, 3.05) is 18.9 Å². The highest BCUT2D eigenvalue weighted by atomic mass is 16.5. The number of hydrogen-bond donors (Lipinski definition) is 3. The normalized spacial score (nSPS) is 28.9. The lowest BCUT2D eigenvalue weighted by molar-refractivity contribution is -0.150. The minimum atomic E-state index is -0.938. The number of carbonyl (C=O) groups is 3. The van der Waals surface area contributed by atoms with E-state index in [0.717, 1.165) is 23.8 Å². The van der Waals surface area contributed by atoms with Crippen LogP contribution in [-0.4, -0.2) is 40.4 Å². The molecule has 4 aliphatic rings. The van der Waals surface area contributed by atoms with Crippen molar-refractivity contribution in [1.82, 2.24) is 14.9 Å². The number of esters is 1. The minimum absolute atomic E-state index is 0.108. The highest BCUT2D eigenvalue weighted by Crippen LogP contribution is 2.60. The quantitative estimate of drug-likeness (QED) is 0.424. The maximum Gasteiger partial charge on any atom is 0.329 e. The predicted molar refractivity (Wildman–Crippen MR) is 106 cm³/mol. The number of Topliss-reactive ketones (excluding diaryl/α,β-unsaturated/α-hetero) is 1. The number of nitrogens with zero attached hydrogens (tertiary/aromatic N) is 1. The summed E-state index contributed by atoms with van der Waals surface area (Å²) in [5.74, 6) is -0.194. The first-order valence-corrected chi connectivity index (χ1v) is 10.2. The van der Waals surface area contributed by atoms with Gasteiger partial charge in [-0.25, -0.2) is 4.79 Å². The monoisotopic (exact) mass is 418 g/mol. The van der Waals surface area contributed by atoms with E-state index in [0.29, 0.717) is 17.8 Å². The standard InChI is InChI=1S/C20H26N4O6/c1-24-16(21)15(17(27)23-19(24)29)13(25)9-30-14(26)8-22-18(28)20-5-10-2-11(6-20)4-12(3-10)7-20/h10-12H,2-9,21H2,1H3,(H,22,28)(H,23,27,29). The number of hydrogen-bond acceptors (Lipinski definition) is 7. The Labute approximate surface area is 172 Å². The molecule has 4 saturated carbocycles. The van der Waals surface area contributed by atoms with Crippen molar-refractivity contribution in [2.45, 2.75) is 38.5 Å². The number of H-pyrrole nitrogens is 1. The van der Waals surface area contributed by atoms with Crippen molar-refractivity contribution in [1.29, 1.82) is 0 Å². The molecule has 0 aromatic carbocycles. The zero-order valence-corrected chi connectivity index (χ0v) is 16.9. The van der Waals surface area contributed by atoms with E-state index in [1.165, 1.54) is 26.3 Å². The fraction of sp³-hybridized carbons (Fsp3) is 0.650. The number of nitrogens with one attached hydrogen (secondary N) is 2. The number of anilines is 1. The summed E-state index contributed by atoms with van der Waals surface area (Å²) in [6, 6.07) is 0. The van der Waals surface area contributed by atoms with E-state index in [4.69, 9.17) is 10.5 Å². The van der Waals surface area contributed by atoms with Crippen LogP contribution < -0.4 is 22.3 Å². The molecule has 0 radical (unpaired) electrons. The van der Waals surface area contributed by atoms with E-state index in [-0.39, 0.29) is 23.7 Å². The molecule has 1 amide bonds. The second-order valence-corrected chi connectivity index (χ2v) is 9.04. The molecule has 1 aromatic heterocycles. The molecule has 0 atom stereocenters. The van der Waals surface area contributed by atoms with E-state index in [1.807, 2.05) is 4.98 Å². The van der Waals surface area contributed by atoms with E-state index in [9.17, 15) is 24.0 Å². The molecule has 0 spiro atoms. The SMILES string of the molecule is Cn1c(N)c(C(=O)COC(=O)CNC(=O)C23CC4CC(CC(C4)C2)C3)c(=O)[nH]c1=O. The third-order valence-electron chi connectivity index (χ3n) is 6.93. The first kappa shape index (κ1) is 20.4. The van der Waals surface area contributed by atoms with Crippen molar-refractivity contribution in [3.8, 4) is 0 Å². The number of aromatic amines is 1. The van der Waals surface area contributed by atoms with E-state index in [1.54, 1.807) is 0 Å². The number of ketones is 1. The van der Waals surface area contributed by atoms with Gasteiger partial charge >= 0.3 is 11.7 Å². The van der Waals surface area contributed by atoms with E-state index in [2.05, 4.69) is 5.32 Å². The van der Waals surface area contributed by atoms with Crippen LogP contribution in [0.3, 0.4) is 0 Å². The topological polar surface area (TPSA) is 153 Å². The van der Waals surface area contributed by atoms with Crippen molar-refractivity contribution in [3.05, 3.63) is 26.4 Å². The first-order valence-electron chi connectivity index (χ1n) is 10.2. The Bertz CT molecular complexity index is 988. The van der Waals surface area contributed by atoms with Gasteiger partial charge in [-0.1, -0.05) is 0 Å². The van der Waals surface area contributed by atoms with Gasteiger partial charge in [0.15, 0.2) is 6.61 Å². The lowest BCUT2D eigenvalue weighted by atomic mass is 9.49. The van der Waals surface area contributed by atoms with Gasteiger partial charge in [0.2, 0.25) is 11.7 Å². The molecule has 1 aromatic rings. The summed E-state index contributed by atoms with van der Waals surface area (Å²) in [7, 11) is 1.30. The molecule has 0 unspecified atom stereocenters. The summed E-state index contributed by atoms with van der Waals surface area (Å²) in [4.78, 5) is 62.4. The zero-order chi connectivity index (χ0) is 21.6. The largest absolute Gasteiger partial charge is 0.456 e. The summed E-state index contributed by atoms with van der Waals surface area (Å²) >= 11 is 0. The lowest BCUT2D eigenvalue weighted by Crippen LogP contribution is -2.54. The molecule has 30 heavy (non-hydrogen) atoms. The average molecular weight is 418 g/mol. The Kier molecular flexibility index (Phi) is 5.03. The average Bonchev–Trinajstić information content (AvgIpc) is 2.67. The summed E-state index contributed by atoms with van der Waals surface area (Å²) in [6.07, 6.45) is 6.28. The fourth-order valence-corrected chi connectivity index (χ4v) is 5.90. The molecule has 4 N–H and O–H groups in total. The van der Waals surface area contributed by atoms with Gasteiger partial charge in [-0.05, 0) is 56.3 Å². The number of nitrogen functional groups attached to an aromatic ring is 1. The third kappa shape index (κ3) is 3.54. The number of aromatic nitrogens is 2. The Morgan fingerprint density at radius 3 is 2.27 bits per heavy atom. The molecular formula is C20H26N4O6. The Morgan fingerprint density at radius 2 is 1.70 bits per heavy atom. The van der Waals surface area contributed by atoms with Gasteiger partial charge in [-0.2, -0.15) is 0 Å². The van der Waals surface area contributed by atoms with Crippen molar-refractivity contribution in [3.63, 3.8) is 0 Å². The van der Waals surface area contributed by atoms with Crippen molar-refractivity contribution >= 4 is 23.5 Å². The second-order valence-electron chi connectivity index (χ2n) is 9.04. The van der Waals surface area contributed by atoms with Gasteiger partial charge in [0.1, 0.15) is 17.9 Å². The number of amides is 1. The Hall–Kier alpha value is -2.91. The molecule has 162 valence electrons. The maximum atomic E-state index is 12.8. The Balaban J connectivity index is 1.31. The molecule has 0 saturated heterocycles. The van der Waals surface area contributed by atoms with Gasteiger partial charge in [0.25, 0.3) is 5.56 Å². The zero-order valence-electron chi connectivity index (χ0n) is 16.9. The lowest BCUT2D eigenvalue weighted by Gasteiger charge is -2.55. The number of rotatable bonds is 6. The predicted octanol–water partition coefficient (Wildman–Crippen LogP) is -0.286. The number of nitrogens with two attached hydrogens (primary N) is 1. The van der Waals surface area contributed by atoms with Crippen LogP contribution in [0.4, 0.5) is 5.82 Å². The highest BCUT2D eigenvalue weighted by Gasteiger charge is 2.54. The van der Waals surface area contributed by atoms with Crippen LogP contribution in [0.2, 0.25) is 0 Å². The van der Waals surface area contributed by atoms with Crippen LogP contribution in [0, 0.1) is 23.2 Å². The van der Waals surface area contributed by atoms with Crippen LogP contribution in [-0.2, 0) is 21.4 Å². The number of ether oxygens (including phenoxy) is 1. The van der Waals surface area contributed by atoms with E-state index >= 15 is 0 Å². The van der Waals surface area contributed by atoms with Crippen LogP contribution in [0.1, 0.15) is 48.9 Å². The molecular weight excluding hydrogens is 392 g/mol. The molecule has 4 aliphatic carbocycles. The fourth-order valence-electron chi connectivity index (χ4n) is 5.90. The Morgan fingerprint density at radius 1 is 1.13 bits per heavy atom. The van der Waals surface area contributed by atoms with Gasteiger partial charge in [0.05, 0.1) is 0 Å². The third-order valence-corrected chi connectivity index (χ3v) is 6.93. The van der Waals surface area contributed by atoms with Crippen LogP contribution in [0.25, 0.3) is 0 Å². The van der Waals surface area contributed by atoms with Gasteiger partial charge < -0.3 is 15.8 Å². The molecule has 0 aliphatic heterocycles. The van der Waals surface area contributed by atoms with Gasteiger partial charge in [-0.3, -0.25) is 28.7 Å². The van der Waals surface area contributed by atoms with E-state index < -0.39 is 35.2 Å². The smallest absolute Gasteiger partial charge is 0.329 e. The molecule has 5 rings (SSSR count). The van der Waals surface area contributed by atoms with Gasteiger partial charge in [-0.15, -0.1) is 0 Å². The first-order chi connectivity index (χ1) is 14.2. The summed E-state index contributed by atoms with van der Waals surface area (Å²) < 4.78 is 5.83.